The van der Waals surface area contributed by atoms with Gasteiger partial charge in [-0.25, -0.2) is 0 Å². The lowest BCUT2D eigenvalue weighted by Crippen LogP contribution is -2.51. The van der Waals surface area contributed by atoms with Gasteiger partial charge in [0.1, 0.15) is 12.2 Å². The van der Waals surface area contributed by atoms with Crippen LogP contribution in [0, 0.1) is 0 Å². The number of aromatic nitrogens is 1. The highest BCUT2D eigenvalue weighted by Gasteiger charge is 2.30. The van der Waals surface area contributed by atoms with Crippen molar-refractivity contribution in [1.82, 2.24) is 15.2 Å². The molecule has 0 atom stereocenters. The van der Waals surface area contributed by atoms with Crippen LogP contribution in [0.1, 0.15) is 12.5 Å². The van der Waals surface area contributed by atoms with Crippen molar-refractivity contribution in [2.75, 3.05) is 6.54 Å². The fourth-order valence-electron chi connectivity index (χ4n) is 1.58. The first-order valence-corrected chi connectivity index (χ1v) is 5.32. The van der Waals surface area contributed by atoms with Gasteiger partial charge in [-0.1, -0.05) is 6.07 Å². The van der Waals surface area contributed by atoms with Gasteiger partial charge in [-0.2, -0.15) is 0 Å². The molecule has 1 aliphatic heterocycles. The third-order valence-electron chi connectivity index (χ3n) is 2.43. The summed E-state index contributed by atoms with van der Waals surface area (Å²) in [6.45, 7) is 1.01. The minimum absolute atomic E-state index is 0.0782. The van der Waals surface area contributed by atoms with Gasteiger partial charge in [0.25, 0.3) is 5.91 Å². The van der Waals surface area contributed by atoms with Crippen LogP contribution in [0.2, 0.25) is 0 Å². The summed E-state index contributed by atoms with van der Waals surface area (Å²) < 4.78 is 0. The number of nitrogens with one attached hydrogen (secondary N) is 1. The zero-order valence-corrected chi connectivity index (χ0v) is 9.71. The Bertz CT molecular complexity index is 537. The average molecular weight is 245 g/mol. The highest BCUT2D eigenvalue weighted by molar-refractivity contribution is 6.12. The molecule has 3 amide bonds. The number of hydrogen-bond donors (Lipinski definition) is 1. The molecule has 1 saturated heterocycles. The molecule has 0 bridgehead atoms. The molecule has 2 heterocycles. The van der Waals surface area contributed by atoms with Gasteiger partial charge in [0, 0.05) is 19.3 Å². The number of imide groups is 1. The van der Waals surface area contributed by atoms with Gasteiger partial charge >= 0.3 is 0 Å². The van der Waals surface area contributed by atoms with E-state index in [9.17, 15) is 14.4 Å². The number of piperazine rings is 1. The smallest absolute Gasteiger partial charge is 0.277 e. The summed E-state index contributed by atoms with van der Waals surface area (Å²) in [6.07, 6.45) is 4.65. The number of hydrogen-bond acceptors (Lipinski definition) is 4. The summed E-state index contributed by atoms with van der Waals surface area (Å²) in [4.78, 5) is 39.4. The molecule has 1 N–H and O–H groups in total. The molecule has 0 saturated carbocycles. The molecule has 0 radical (unpaired) electrons. The van der Waals surface area contributed by atoms with Crippen LogP contribution in [0.4, 0.5) is 0 Å². The maximum Gasteiger partial charge on any atom is 0.277 e. The first-order chi connectivity index (χ1) is 8.58. The number of rotatable bonds is 1. The van der Waals surface area contributed by atoms with Crippen molar-refractivity contribution in [1.29, 1.82) is 0 Å². The van der Waals surface area contributed by atoms with E-state index < -0.39 is 11.8 Å². The lowest BCUT2D eigenvalue weighted by Gasteiger charge is -2.25. The molecular formula is C12H11N3O3. The zero-order valence-electron chi connectivity index (χ0n) is 9.71. The highest BCUT2D eigenvalue weighted by Crippen LogP contribution is 2.10. The van der Waals surface area contributed by atoms with Crippen LogP contribution in [-0.4, -0.2) is 34.2 Å². The third kappa shape index (κ3) is 2.42. The predicted octanol–water partition coefficient (Wildman–Crippen LogP) is -0.0726. The number of nitrogens with zero attached hydrogens (tertiary/aromatic N) is 2. The molecule has 2 rings (SSSR count). The summed E-state index contributed by atoms with van der Waals surface area (Å²) in [6, 6.07) is 3.45. The molecule has 0 aromatic carbocycles. The minimum Gasteiger partial charge on any atom is -0.320 e. The topological polar surface area (TPSA) is 79.4 Å². The maximum atomic E-state index is 11.9. The molecule has 1 aromatic heterocycles. The van der Waals surface area contributed by atoms with Crippen molar-refractivity contribution >= 4 is 23.8 Å². The lowest BCUT2D eigenvalue weighted by molar-refractivity contribution is -0.147. The van der Waals surface area contributed by atoms with E-state index in [-0.39, 0.29) is 18.1 Å². The van der Waals surface area contributed by atoms with Crippen LogP contribution in [0.25, 0.3) is 6.08 Å². The number of carbonyl (C=O) groups is 3. The fraction of sp³-hybridized carbons (Fsp3) is 0.167. The molecular weight excluding hydrogens is 234 g/mol. The quantitative estimate of drug-likeness (QED) is 0.702. The van der Waals surface area contributed by atoms with Crippen LogP contribution >= 0.6 is 0 Å². The standard InChI is InChI=1S/C12H11N3O3/c1-8(16)15-7-11(17)14-10(12(15)18)5-9-3-2-4-13-6-9/h2-6H,7H2,1H3,(H,14,17)/b10-5+. The number of carbonyl (C=O) groups excluding carboxylic acids is 3. The normalized spacial score (nSPS) is 17.8. The molecule has 0 unspecified atom stereocenters. The van der Waals surface area contributed by atoms with Gasteiger partial charge in [-0.3, -0.25) is 24.3 Å². The fourth-order valence-corrected chi connectivity index (χ4v) is 1.58. The molecule has 18 heavy (non-hydrogen) atoms. The van der Waals surface area contributed by atoms with Crippen LogP contribution < -0.4 is 5.32 Å². The Morgan fingerprint density at radius 3 is 2.89 bits per heavy atom. The molecule has 1 fully saturated rings. The summed E-state index contributed by atoms with van der Waals surface area (Å²) in [7, 11) is 0. The summed E-state index contributed by atoms with van der Waals surface area (Å²) in [5, 5.41) is 2.45. The van der Waals surface area contributed by atoms with Crippen LogP contribution in [0.3, 0.4) is 0 Å². The van der Waals surface area contributed by atoms with E-state index in [0.717, 1.165) is 4.90 Å². The minimum atomic E-state index is -0.508. The Morgan fingerprint density at radius 2 is 2.28 bits per heavy atom. The Morgan fingerprint density at radius 1 is 1.50 bits per heavy atom. The second-order valence-electron chi connectivity index (χ2n) is 3.80. The SMILES string of the molecule is CC(=O)N1CC(=O)N/C(=C/c2cccnc2)C1=O. The van der Waals surface area contributed by atoms with E-state index in [4.69, 9.17) is 0 Å². The van der Waals surface area contributed by atoms with Crippen molar-refractivity contribution < 1.29 is 14.4 Å². The molecule has 1 aliphatic rings. The molecule has 0 spiro atoms. The van der Waals surface area contributed by atoms with E-state index in [1.807, 2.05) is 0 Å². The highest BCUT2D eigenvalue weighted by atomic mass is 16.2. The predicted molar refractivity (Wildman–Crippen MR) is 62.8 cm³/mol. The van der Waals surface area contributed by atoms with Gasteiger partial charge in [0.2, 0.25) is 11.8 Å². The zero-order chi connectivity index (χ0) is 13.1. The number of amides is 3. The molecule has 6 nitrogen and oxygen atoms in total. The average Bonchev–Trinajstić information content (AvgIpc) is 2.34. The van der Waals surface area contributed by atoms with Gasteiger partial charge < -0.3 is 5.32 Å². The maximum absolute atomic E-state index is 11.9. The second kappa shape index (κ2) is 4.79. The van der Waals surface area contributed by atoms with Crippen LogP contribution in [-0.2, 0) is 14.4 Å². The van der Waals surface area contributed by atoms with E-state index in [0.29, 0.717) is 5.56 Å². The summed E-state index contributed by atoms with van der Waals surface area (Å²) in [5.41, 5.74) is 0.751. The van der Waals surface area contributed by atoms with E-state index in [1.54, 1.807) is 24.5 Å². The molecule has 1 aromatic rings. The van der Waals surface area contributed by atoms with Crippen molar-refractivity contribution in [3.63, 3.8) is 0 Å². The summed E-state index contributed by atoms with van der Waals surface area (Å²) in [5.74, 6) is -1.35. The first-order valence-electron chi connectivity index (χ1n) is 5.32. The van der Waals surface area contributed by atoms with Crippen molar-refractivity contribution in [3.05, 3.63) is 35.8 Å². The molecule has 92 valence electrons. The van der Waals surface area contributed by atoms with Crippen LogP contribution in [0.15, 0.2) is 30.2 Å². The monoisotopic (exact) mass is 245 g/mol. The molecule has 6 heteroatoms. The molecule has 0 aliphatic carbocycles. The first kappa shape index (κ1) is 12.0. The Balaban J connectivity index is 2.32. The second-order valence-corrected chi connectivity index (χ2v) is 3.80. The Kier molecular flexibility index (Phi) is 3.18. The summed E-state index contributed by atoms with van der Waals surface area (Å²) >= 11 is 0. The van der Waals surface area contributed by atoms with E-state index in [1.165, 1.54) is 13.0 Å². The van der Waals surface area contributed by atoms with Crippen LogP contribution in [0.5, 0.6) is 0 Å². The van der Waals surface area contributed by atoms with E-state index in [2.05, 4.69) is 10.3 Å². The lowest BCUT2D eigenvalue weighted by atomic mass is 10.2. The van der Waals surface area contributed by atoms with Crippen molar-refractivity contribution in [2.45, 2.75) is 6.92 Å². The number of pyridine rings is 1. The van der Waals surface area contributed by atoms with Gasteiger partial charge in [0.05, 0.1) is 0 Å². The Hall–Kier alpha value is -2.50. The Labute approximate surface area is 103 Å². The largest absolute Gasteiger partial charge is 0.320 e. The van der Waals surface area contributed by atoms with Crippen molar-refractivity contribution in [3.8, 4) is 0 Å². The van der Waals surface area contributed by atoms with Gasteiger partial charge in [-0.15, -0.1) is 0 Å². The van der Waals surface area contributed by atoms with E-state index >= 15 is 0 Å². The van der Waals surface area contributed by atoms with Gasteiger partial charge in [0.15, 0.2) is 0 Å². The third-order valence-corrected chi connectivity index (χ3v) is 2.43. The van der Waals surface area contributed by atoms with Gasteiger partial charge in [-0.05, 0) is 17.7 Å². The van der Waals surface area contributed by atoms with Crippen molar-refractivity contribution in [2.24, 2.45) is 0 Å².